The Kier molecular flexibility index (Phi) is 6.06. The second-order valence-electron chi connectivity index (χ2n) is 5.31. The minimum absolute atomic E-state index is 0.128. The molecule has 1 fully saturated rings. The van der Waals surface area contributed by atoms with E-state index in [1.54, 1.807) is 7.11 Å². The van der Waals surface area contributed by atoms with Gasteiger partial charge in [-0.15, -0.1) is 0 Å². The van der Waals surface area contributed by atoms with E-state index in [0.29, 0.717) is 6.10 Å². The van der Waals surface area contributed by atoms with Crippen molar-refractivity contribution in [3.05, 3.63) is 29.3 Å². The predicted molar refractivity (Wildman–Crippen MR) is 82.3 cm³/mol. The highest BCUT2D eigenvalue weighted by molar-refractivity contribution is 5.45. The SMILES string of the molecule is COc1ccc(C#CCO)c(CN(C)CC2CCCO2)c1. The fourth-order valence-corrected chi connectivity index (χ4v) is 2.58. The number of hydrogen-bond acceptors (Lipinski definition) is 4. The molecule has 1 unspecified atom stereocenters. The number of methoxy groups -OCH3 is 1. The van der Waals surface area contributed by atoms with E-state index < -0.39 is 0 Å². The van der Waals surface area contributed by atoms with Gasteiger partial charge in [0.15, 0.2) is 0 Å². The van der Waals surface area contributed by atoms with Crippen molar-refractivity contribution < 1.29 is 14.6 Å². The van der Waals surface area contributed by atoms with Crippen molar-refractivity contribution in [3.63, 3.8) is 0 Å². The van der Waals surface area contributed by atoms with Crippen LogP contribution in [0.2, 0.25) is 0 Å². The number of benzene rings is 1. The molecule has 0 aliphatic carbocycles. The quantitative estimate of drug-likeness (QED) is 0.837. The minimum atomic E-state index is -0.128. The summed E-state index contributed by atoms with van der Waals surface area (Å²) in [5, 5.41) is 8.87. The van der Waals surface area contributed by atoms with Crippen molar-refractivity contribution in [3.8, 4) is 17.6 Å². The van der Waals surface area contributed by atoms with Gasteiger partial charge in [0.2, 0.25) is 0 Å². The van der Waals surface area contributed by atoms with Crippen molar-refractivity contribution >= 4 is 0 Å². The zero-order valence-corrected chi connectivity index (χ0v) is 12.8. The van der Waals surface area contributed by atoms with E-state index in [0.717, 1.165) is 49.4 Å². The number of hydrogen-bond donors (Lipinski definition) is 1. The summed E-state index contributed by atoms with van der Waals surface area (Å²) in [5.74, 6) is 6.53. The van der Waals surface area contributed by atoms with E-state index in [9.17, 15) is 0 Å². The van der Waals surface area contributed by atoms with Crippen LogP contribution in [0, 0.1) is 11.8 Å². The van der Waals surface area contributed by atoms with Crippen LogP contribution in [-0.2, 0) is 11.3 Å². The molecule has 114 valence electrons. The van der Waals surface area contributed by atoms with Crippen LogP contribution in [0.4, 0.5) is 0 Å². The van der Waals surface area contributed by atoms with Crippen LogP contribution in [0.3, 0.4) is 0 Å². The molecule has 1 aliphatic rings. The lowest BCUT2D eigenvalue weighted by atomic mass is 10.1. The zero-order valence-electron chi connectivity index (χ0n) is 12.8. The molecule has 0 aromatic heterocycles. The van der Waals surface area contributed by atoms with Crippen molar-refractivity contribution in [2.24, 2.45) is 0 Å². The predicted octanol–water partition coefficient (Wildman–Crippen LogP) is 1.65. The maximum Gasteiger partial charge on any atom is 0.119 e. The summed E-state index contributed by atoms with van der Waals surface area (Å²) in [6, 6.07) is 5.84. The summed E-state index contributed by atoms with van der Waals surface area (Å²) >= 11 is 0. The topological polar surface area (TPSA) is 41.9 Å². The number of nitrogens with zero attached hydrogens (tertiary/aromatic N) is 1. The Labute approximate surface area is 126 Å². The van der Waals surface area contributed by atoms with Crippen molar-refractivity contribution in [2.45, 2.75) is 25.5 Å². The third-order valence-electron chi connectivity index (χ3n) is 3.59. The summed E-state index contributed by atoms with van der Waals surface area (Å²) in [5.41, 5.74) is 2.04. The molecule has 4 heteroatoms. The lowest BCUT2D eigenvalue weighted by Crippen LogP contribution is -2.28. The Balaban J connectivity index is 2.08. The maximum absolute atomic E-state index is 8.87. The van der Waals surface area contributed by atoms with Gasteiger partial charge in [0.1, 0.15) is 12.4 Å². The molecular weight excluding hydrogens is 266 g/mol. The number of aliphatic hydroxyl groups excluding tert-OH is 1. The van der Waals surface area contributed by atoms with Crippen LogP contribution in [0.25, 0.3) is 0 Å². The molecule has 1 aliphatic heterocycles. The third kappa shape index (κ3) is 4.75. The molecule has 0 bridgehead atoms. The summed E-state index contributed by atoms with van der Waals surface area (Å²) in [4.78, 5) is 2.24. The zero-order chi connectivity index (χ0) is 15.1. The van der Waals surface area contributed by atoms with E-state index in [4.69, 9.17) is 14.6 Å². The van der Waals surface area contributed by atoms with Crippen molar-refractivity contribution in [2.75, 3.05) is 33.9 Å². The third-order valence-corrected chi connectivity index (χ3v) is 3.59. The Morgan fingerprint density at radius 3 is 3.00 bits per heavy atom. The largest absolute Gasteiger partial charge is 0.497 e. The molecule has 21 heavy (non-hydrogen) atoms. The van der Waals surface area contributed by atoms with Crippen molar-refractivity contribution in [1.29, 1.82) is 0 Å². The Bertz CT molecular complexity index is 513. The molecule has 1 aromatic carbocycles. The highest BCUT2D eigenvalue weighted by atomic mass is 16.5. The van der Waals surface area contributed by atoms with Gasteiger partial charge < -0.3 is 14.6 Å². The summed E-state index contributed by atoms with van der Waals surface area (Å²) in [6.07, 6.45) is 2.64. The fraction of sp³-hybridized carbons (Fsp3) is 0.529. The Morgan fingerprint density at radius 1 is 1.48 bits per heavy atom. The highest BCUT2D eigenvalue weighted by Gasteiger charge is 2.18. The van der Waals surface area contributed by atoms with Gasteiger partial charge >= 0.3 is 0 Å². The number of ether oxygens (including phenoxy) is 2. The second-order valence-corrected chi connectivity index (χ2v) is 5.31. The van der Waals surface area contributed by atoms with Gasteiger partial charge in [-0.3, -0.25) is 4.90 Å². The molecule has 1 atom stereocenters. The summed E-state index contributed by atoms with van der Waals surface area (Å²) in [7, 11) is 3.75. The van der Waals surface area contributed by atoms with E-state index in [-0.39, 0.29) is 6.61 Å². The van der Waals surface area contributed by atoms with Gasteiger partial charge in [0.05, 0.1) is 13.2 Å². The smallest absolute Gasteiger partial charge is 0.119 e. The number of aliphatic hydroxyl groups is 1. The van der Waals surface area contributed by atoms with Crippen LogP contribution in [-0.4, -0.2) is 50.0 Å². The van der Waals surface area contributed by atoms with Crippen LogP contribution in [0.15, 0.2) is 18.2 Å². The second kappa shape index (κ2) is 8.04. The summed E-state index contributed by atoms with van der Waals surface area (Å²) in [6.45, 7) is 2.46. The van der Waals surface area contributed by atoms with E-state index in [1.165, 1.54) is 0 Å². The van der Waals surface area contributed by atoms with E-state index in [2.05, 4.69) is 23.8 Å². The molecule has 1 aromatic rings. The lowest BCUT2D eigenvalue weighted by Gasteiger charge is -2.21. The first-order valence-corrected chi connectivity index (χ1v) is 7.29. The average molecular weight is 289 g/mol. The van der Waals surface area contributed by atoms with Crippen LogP contribution >= 0.6 is 0 Å². The minimum Gasteiger partial charge on any atom is -0.497 e. The van der Waals surface area contributed by atoms with Crippen LogP contribution in [0.5, 0.6) is 5.75 Å². The van der Waals surface area contributed by atoms with E-state index in [1.807, 2.05) is 18.2 Å². The molecule has 0 amide bonds. The first kappa shape index (κ1) is 15.8. The molecular formula is C17H23NO3. The van der Waals surface area contributed by atoms with Crippen LogP contribution in [0.1, 0.15) is 24.0 Å². The standard InChI is InChI=1S/C17H23NO3/c1-18(13-17-6-4-10-21-17)12-15-11-16(20-2)8-7-14(15)5-3-9-19/h7-8,11,17,19H,4,6,9-10,12-13H2,1-2H3. The monoisotopic (exact) mass is 289 g/mol. The molecule has 0 radical (unpaired) electrons. The Morgan fingerprint density at radius 2 is 2.33 bits per heavy atom. The van der Waals surface area contributed by atoms with Gasteiger partial charge in [-0.1, -0.05) is 11.8 Å². The number of rotatable bonds is 5. The molecule has 0 spiro atoms. The van der Waals surface area contributed by atoms with Crippen molar-refractivity contribution in [1.82, 2.24) is 4.90 Å². The number of likely N-dealkylation sites (N-methyl/N-ethyl adjacent to an activating group) is 1. The van der Waals surface area contributed by atoms with Gasteiger partial charge in [-0.2, -0.15) is 0 Å². The van der Waals surface area contributed by atoms with Gasteiger partial charge in [0.25, 0.3) is 0 Å². The summed E-state index contributed by atoms with van der Waals surface area (Å²) < 4.78 is 11.0. The highest BCUT2D eigenvalue weighted by Crippen LogP contribution is 2.20. The lowest BCUT2D eigenvalue weighted by molar-refractivity contribution is 0.0793. The average Bonchev–Trinajstić information content (AvgIpc) is 2.98. The Hall–Kier alpha value is -1.54. The first-order valence-electron chi connectivity index (χ1n) is 7.29. The molecule has 1 N–H and O–H groups in total. The molecule has 4 nitrogen and oxygen atoms in total. The first-order chi connectivity index (χ1) is 10.2. The van der Waals surface area contributed by atoms with E-state index >= 15 is 0 Å². The van der Waals surface area contributed by atoms with Gasteiger partial charge in [-0.05, 0) is 43.7 Å². The molecule has 1 saturated heterocycles. The van der Waals surface area contributed by atoms with Gasteiger partial charge in [0, 0.05) is 25.3 Å². The van der Waals surface area contributed by atoms with Crippen LogP contribution < -0.4 is 4.74 Å². The van der Waals surface area contributed by atoms with Gasteiger partial charge in [-0.25, -0.2) is 0 Å². The maximum atomic E-state index is 8.87. The molecule has 2 rings (SSSR count). The fourth-order valence-electron chi connectivity index (χ4n) is 2.58. The molecule has 1 heterocycles. The normalized spacial score (nSPS) is 17.6. The molecule has 0 saturated carbocycles.